The molecule has 0 atom stereocenters. The molecule has 144 valence electrons. The van der Waals surface area contributed by atoms with E-state index in [1.807, 2.05) is 38.1 Å². The quantitative estimate of drug-likeness (QED) is 0.698. The Balaban J connectivity index is 1.60. The maximum absolute atomic E-state index is 13.0. The summed E-state index contributed by atoms with van der Waals surface area (Å²) in [4.78, 5) is 43.5. The van der Waals surface area contributed by atoms with Crippen LogP contribution < -0.4 is 10.2 Å². The van der Waals surface area contributed by atoms with Crippen molar-refractivity contribution in [2.45, 2.75) is 20.4 Å². The molecule has 0 radical (unpaired) electrons. The van der Waals surface area contributed by atoms with Gasteiger partial charge in [-0.1, -0.05) is 12.1 Å². The summed E-state index contributed by atoms with van der Waals surface area (Å²) in [6.45, 7) is 4.16. The second-order valence-corrected chi connectivity index (χ2v) is 6.96. The van der Waals surface area contributed by atoms with Gasteiger partial charge in [-0.05, 0) is 66.9 Å². The van der Waals surface area contributed by atoms with Gasteiger partial charge >= 0.3 is 0 Å². The third-order valence-corrected chi connectivity index (χ3v) is 5.17. The number of benzene rings is 2. The number of anilines is 1. The molecule has 0 aliphatic carbocycles. The molecule has 29 heavy (non-hydrogen) atoms. The molecule has 3 aromatic rings. The highest BCUT2D eigenvalue weighted by Gasteiger charge is 2.37. The van der Waals surface area contributed by atoms with Crippen LogP contribution >= 0.6 is 0 Å². The van der Waals surface area contributed by atoms with Gasteiger partial charge in [-0.15, -0.1) is 0 Å². The van der Waals surface area contributed by atoms with Crippen molar-refractivity contribution < 1.29 is 14.4 Å². The van der Waals surface area contributed by atoms with Crippen LogP contribution in [-0.4, -0.2) is 22.7 Å². The van der Waals surface area contributed by atoms with Gasteiger partial charge in [-0.3, -0.25) is 19.4 Å². The van der Waals surface area contributed by atoms with Crippen LogP contribution in [0, 0.1) is 13.8 Å². The molecule has 4 rings (SSSR count). The van der Waals surface area contributed by atoms with Crippen LogP contribution in [0.25, 0.3) is 0 Å². The van der Waals surface area contributed by atoms with Gasteiger partial charge in [0.1, 0.15) is 0 Å². The third-order valence-electron chi connectivity index (χ3n) is 5.17. The van der Waals surface area contributed by atoms with Gasteiger partial charge in [0, 0.05) is 24.5 Å². The van der Waals surface area contributed by atoms with Crippen LogP contribution in [0.5, 0.6) is 0 Å². The van der Waals surface area contributed by atoms with Gasteiger partial charge < -0.3 is 5.32 Å². The Morgan fingerprint density at radius 2 is 1.69 bits per heavy atom. The topological polar surface area (TPSA) is 79.4 Å². The van der Waals surface area contributed by atoms with Crippen LogP contribution in [-0.2, 0) is 6.54 Å². The normalized spacial score (nSPS) is 12.8. The summed E-state index contributed by atoms with van der Waals surface area (Å²) in [6, 6.07) is 13.7. The van der Waals surface area contributed by atoms with E-state index in [2.05, 4.69) is 10.3 Å². The minimum absolute atomic E-state index is 0.243. The first-order valence-electron chi connectivity index (χ1n) is 9.23. The molecule has 0 fully saturated rings. The number of carbonyl (C=O) groups excluding carboxylic acids is 3. The molecular weight excluding hydrogens is 366 g/mol. The van der Waals surface area contributed by atoms with Crippen LogP contribution in [0.1, 0.15) is 47.8 Å². The van der Waals surface area contributed by atoms with Crippen molar-refractivity contribution in [2.75, 3.05) is 4.90 Å². The number of aryl methyl sites for hydroxylation is 1. The van der Waals surface area contributed by atoms with E-state index in [9.17, 15) is 14.4 Å². The van der Waals surface area contributed by atoms with E-state index >= 15 is 0 Å². The van der Waals surface area contributed by atoms with E-state index in [0.29, 0.717) is 23.4 Å². The number of amides is 3. The SMILES string of the molecule is Cc1cccc(N2C(=O)c3ccc(C(=O)NCc4ccncc4)cc3C2=O)c1C. The fourth-order valence-electron chi connectivity index (χ4n) is 3.36. The number of pyridine rings is 1. The standard InChI is InChI=1S/C23H19N3O3/c1-14-4-3-5-20(15(14)2)26-22(28)18-7-6-17(12-19(18)23(26)29)21(27)25-13-16-8-10-24-11-9-16/h3-12H,13H2,1-2H3,(H,25,27). The van der Waals surface area contributed by atoms with E-state index in [1.54, 1.807) is 30.6 Å². The van der Waals surface area contributed by atoms with Gasteiger partial charge in [0.15, 0.2) is 0 Å². The Morgan fingerprint density at radius 1 is 0.966 bits per heavy atom. The average molecular weight is 385 g/mol. The minimum Gasteiger partial charge on any atom is -0.348 e. The van der Waals surface area contributed by atoms with Crippen molar-refractivity contribution in [3.8, 4) is 0 Å². The number of hydrogen-bond acceptors (Lipinski definition) is 4. The first-order chi connectivity index (χ1) is 14.0. The molecule has 0 bridgehead atoms. The van der Waals surface area contributed by atoms with E-state index < -0.39 is 5.91 Å². The Hall–Kier alpha value is -3.80. The highest BCUT2D eigenvalue weighted by atomic mass is 16.2. The van der Waals surface area contributed by atoms with Gasteiger partial charge in [-0.25, -0.2) is 4.90 Å². The summed E-state index contributed by atoms with van der Waals surface area (Å²) in [7, 11) is 0. The first kappa shape index (κ1) is 18.6. The van der Waals surface area contributed by atoms with Crippen LogP contribution in [0.3, 0.4) is 0 Å². The Kier molecular flexibility index (Phi) is 4.68. The monoisotopic (exact) mass is 385 g/mol. The molecule has 0 unspecified atom stereocenters. The molecular formula is C23H19N3O3. The average Bonchev–Trinajstić information content (AvgIpc) is 2.99. The molecule has 0 saturated carbocycles. The van der Waals surface area contributed by atoms with E-state index in [0.717, 1.165) is 16.7 Å². The highest BCUT2D eigenvalue weighted by Crippen LogP contribution is 2.32. The second-order valence-electron chi connectivity index (χ2n) is 6.96. The maximum Gasteiger partial charge on any atom is 0.266 e. The zero-order chi connectivity index (χ0) is 20.5. The molecule has 0 spiro atoms. The first-order valence-corrected chi connectivity index (χ1v) is 9.23. The van der Waals surface area contributed by atoms with Crippen LogP contribution in [0.15, 0.2) is 60.9 Å². The van der Waals surface area contributed by atoms with Crippen LogP contribution in [0.2, 0.25) is 0 Å². The molecule has 2 heterocycles. The zero-order valence-corrected chi connectivity index (χ0v) is 16.1. The number of fused-ring (bicyclic) bond motifs is 1. The molecule has 2 aromatic carbocycles. The summed E-state index contributed by atoms with van der Waals surface area (Å²) >= 11 is 0. The summed E-state index contributed by atoms with van der Waals surface area (Å²) in [5.41, 5.74) is 4.24. The van der Waals surface area contributed by atoms with Crippen molar-refractivity contribution >= 4 is 23.4 Å². The molecule has 1 aliphatic heterocycles. The molecule has 1 aromatic heterocycles. The number of hydrogen-bond donors (Lipinski definition) is 1. The lowest BCUT2D eigenvalue weighted by Gasteiger charge is -2.17. The van der Waals surface area contributed by atoms with Crippen molar-refractivity contribution in [3.05, 3.63) is 94.3 Å². The van der Waals surface area contributed by atoms with Gasteiger partial charge in [0.05, 0.1) is 16.8 Å². The smallest absolute Gasteiger partial charge is 0.266 e. The lowest BCUT2D eigenvalue weighted by Crippen LogP contribution is -2.30. The fourth-order valence-corrected chi connectivity index (χ4v) is 3.36. The fraction of sp³-hybridized carbons (Fsp3) is 0.130. The molecule has 6 heteroatoms. The predicted molar refractivity (Wildman–Crippen MR) is 109 cm³/mol. The molecule has 6 nitrogen and oxygen atoms in total. The van der Waals surface area contributed by atoms with Crippen molar-refractivity contribution in [1.29, 1.82) is 0 Å². The van der Waals surface area contributed by atoms with Gasteiger partial charge in [0.2, 0.25) is 0 Å². The van der Waals surface area contributed by atoms with Gasteiger partial charge in [-0.2, -0.15) is 0 Å². The van der Waals surface area contributed by atoms with E-state index in [-0.39, 0.29) is 17.4 Å². The number of nitrogens with zero attached hydrogens (tertiary/aromatic N) is 2. The second kappa shape index (κ2) is 7.31. The Bertz CT molecular complexity index is 1140. The number of imide groups is 1. The number of nitrogens with one attached hydrogen (secondary N) is 1. The van der Waals surface area contributed by atoms with E-state index in [4.69, 9.17) is 0 Å². The molecule has 3 amide bonds. The predicted octanol–water partition coefficient (Wildman–Crippen LogP) is 3.43. The highest BCUT2D eigenvalue weighted by molar-refractivity contribution is 6.35. The summed E-state index contributed by atoms with van der Waals surface area (Å²) in [6.07, 6.45) is 3.31. The van der Waals surface area contributed by atoms with Crippen molar-refractivity contribution in [2.24, 2.45) is 0 Å². The minimum atomic E-state index is -0.414. The lowest BCUT2D eigenvalue weighted by atomic mass is 10.1. The van der Waals surface area contributed by atoms with E-state index in [1.165, 1.54) is 11.0 Å². The van der Waals surface area contributed by atoms with Gasteiger partial charge in [0.25, 0.3) is 17.7 Å². The lowest BCUT2D eigenvalue weighted by molar-refractivity contribution is 0.0923. The summed E-state index contributed by atoms with van der Waals surface area (Å²) in [5, 5.41) is 2.82. The summed E-state index contributed by atoms with van der Waals surface area (Å²) < 4.78 is 0. The summed E-state index contributed by atoms with van der Waals surface area (Å²) in [5.74, 6) is -1.10. The number of aromatic nitrogens is 1. The molecule has 1 aliphatic rings. The third kappa shape index (κ3) is 3.29. The Labute approximate surface area is 168 Å². The van der Waals surface area contributed by atoms with Crippen molar-refractivity contribution in [3.63, 3.8) is 0 Å². The van der Waals surface area contributed by atoms with Crippen LogP contribution in [0.4, 0.5) is 5.69 Å². The Morgan fingerprint density at radius 3 is 2.45 bits per heavy atom. The molecule has 0 saturated heterocycles. The molecule has 1 N–H and O–H groups in total. The maximum atomic E-state index is 13.0. The largest absolute Gasteiger partial charge is 0.348 e. The van der Waals surface area contributed by atoms with Crippen molar-refractivity contribution in [1.82, 2.24) is 10.3 Å². The number of carbonyl (C=O) groups is 3. The zero-order valence-electron chi connectivity index (χ0n) is 16.1. The number of rotatable bonds is 4.